The van der Waals surface area contributed by atoms with Gasteiger partial charge in [0, 0.05) is 30.5 Å². The number of hydrogen-bond donors (Lipinski definition) is 2. The molecule has 0 radical (unpaired) electrons. The third kappa shape index (κ3) is 6.00. The molecule has 0 aliphatic carbocycles. The number of benzene rings is 2. The van der Waals surface area contributed by atoms with Crippen molar-refractivity contribution >= 4 is 11.7 Å². The fraction of sp³-hybridized carbons (Fsp3) is 0.364. The largest absolute Gasteiger partial charge is 0.354 e. The molecule has 0 heterocycles. The fourth-order valence-corrected chi connectivity index (χ4v) is 2.84. The van der Waals surface area contributed by atoms with Crippen LogP contribution in [0.3, 0.4) is 0 Å². The first-order valence-corrected chi connectivity index (χ1v) is 9.19. The molecule has 27 heavy (non-hydrogen) atoms. The van der Waals surface area contributed by atoms with Gasteiger partial charge in [-0.1, -0.05) is 57.2 Å². The van der Waals surface area contributed by atoms with Gasteiger partial charge in [-0.2, -0.15) is 0 Å². The van der Waals surface area contributed by atoms with Gasteiger partial charge in [-0.3, -0.25) is 9.59 Å². The number of nitrogens with one attached hydrogen (secondary N) is 1. The summed E-state index contributed by atoms with van der Waals surface area (Å²) in [5.74, 6) is -1.05. The lowest BCUT2D eigenvalue weighted by Gasteiger charge is -2.16. The lowest BCUT2D eigenvalue weighted by Crippen LogP contribution is -2.33. The number of carbonyl (C=O) groups excluding carboxylic acids is 2. The second-order valence-corrected chi connectivity index (χ2v) is 7.21. The van der Waals surface area contributed by atoms with Crippen molar-refractivity contribution in [3.05, 3.63) is 71.0 Å². The van der Waals surface area contributed by atoms with Crippen molar-refractivity contribution in [2.24, 2.45) is 11.7 Å². The molecule has 1 amide bonds. The molecule has 0 saturated carbocycles. The van der Waals surface area contributed by atoms with Crippen LogP contribution >= 0.6 is 0 Å². The number of amides is 1. The molecule has 2 aromatic carbocycles. The summed E-state index contributed by atoms with van der Waals surface area (Å²) in [6.07, 6.45) is 0.0361. The number of Topliss-reactive ketones (excluding diaryl/α,β-unsaturated/α-hetero) is 1. The van der Waals surface area contributed by atoms with Crippen LogP contribution in [0.2, 0.25) is 0 Å². The van der Waals surface area contributed by atoms with E-state index in [1.54, 1.807) is 13.0 Å². The molecule has 2 aromatic rings. The summed E-state index contributed by atoms with van der Waals surface area (Å²) < 4.78 is 13.2. The van der Waals surface area contributed by atoms with Gasteiger partial charge in [-0.15, -0.1) is 0 Å². The average Bonchev–Trinajstić information content (AvgIpc) is 2.65. The average molecular weight is 370 g/mol. The number of ketones is 1. The zero-order valence-electron chi connectivity index (χ0n) is 16.0. The highest BCUT2D eigenvalue weighted by atomic mass is 19.1. The Kier molecular flexibility index (Phi) is 7.25. The van der Waals surface area contributed by atoms with E-state index in [1.165, 1.54) is 23.8 Å². The summed E-state index contributed by atoms with van der Waals surface area (Å²) in [6, 6.07) is 13.2. The first-order chi connectivity index (χ1) is 12.8. The van der Waals surface area contributed by atoms with E-state index in [0.29, 0.717) is 12.5 Å². The molecule has 144 valence electrons. The monoisotopic (exact) mass is 370 g/mol. The van der Waals surface area contributed by atoms with Crippen molar-refractivity contribution in [3.8, 4) is 0 Å². The Labute approximate surface area is 160 Å². The first-order valence-electron chi connectivity index (χ1n) is 9.19. The summed E-state index contributed by atoms with van der Waals surface area (Å²) in [6.45, 7) is 6.21. The number of carbonyl (C=O) groups is 2. The Morgan fingerprint density at radius 1 is 1.04 bits per heavy atom. The van der Waals surface area contributed by atoms with Crippen molar-refractivity contribution in [1.82, 2.24) is 5.32 Å². The van der Waals surface area contributed by atoms with Crippen LogP contribution in [-0.2, 0) is 4.79 Å². The third-order valence-electron chi connectivity index (χ3n) is 4.60. The molecule has 0 aromatic heterocycles. The topological polar surface area (TPSA) is 72.2 Å². The maximum Gasteiger partial charge on any atom is 0.220 e. The van der Waals surface area contributed by atoms with E-state index >= 15 is 0 Å². The molecule has 2 unspecified atom stereocenters. The number of rotatable bonds is 8. The van der Waals surface area contributed by atoms with Crippen LogP contribution in [0.4, 0.5) is 4.39 Å². The zero-order chi connectivity index (χ0) is 20.0. The highest BCUT2D eigenvalue weighted by Gasteiger charge is 2.19. The van der Waals surface area contributed by atoms with Crippen LogP contribution in [0.25, 0.3) is 0 Å². The molecular weight excluding hydrogens is 343 g/mol. The van der Waals surface area contributed by atoms with Crippen molar-refractivity contribution in [2.75, 3.05) is 6.54 Å². The molecule has 0 saturated heterocycles. The van der Waals surface area contributed by atoms with Gasteiger partial charge in [-0.05, 0) is 29.2 Å². The Morgan fingerprint density at radius 3 is 2.26 bits per heavy atom. The second kappa shape index (κ2) is 9.42. The second-order valence-electron chi connectivity index (χ2n) is 7.21. The molecule has 3 N–H and O–H groups in total. The van der Waals surface area contributed by atoms with Crippen molar-refractivity contribution in [1.29, 1.82) is 0 Å². The summed E-state index contributed by atoms with van der Waals surface area (Å²) in [4.78, 5) is 24.4. The lowest BCUT2D eigenvalue weighted by molar-refractivity contribution is -0.121. The van der Waals surface area contributed by atoms with Gasteiger partial charge in [0.15, 0.2) is 5.78 Å². The van der Waals surface area contributed by atoms with Crippen LogP contribution in [0.15, 0.2) is 48.5 Å². The van der Waals surface area contributed by atoms with Crippen LogP contribution in [0.5, 0.6) is 0 Å². The van der Waals surface area contributed by atoms with Gasteiger partial charge in [0.05, 0.1) is 0 Å². The Morgan fingerprint density at radius 2 is 1.67 bits per heavy atom. The van der Waals surface area contributed by atoms with Crippen LogP contribution in [-0.4, -0.2) is 18.2 Å². The predicted octanol–water partition coefficient (Wildman–Crippen LogP) is 3.97. The van der Waals surface area contributed by atoms with E-state index in [4.69, 9.17) is 5.73 Å². The van der Waals surface area contributed by atoms with Gasteiger partial charge in [0.25, 0.3) is 0 Å². The van der Waals surface area contributed by atoms with E-state index < -0.39 is 11.7 Å². The maximum atomic E-state index is 13.2. The van der Waals surface area contributed by atoms with E-state index in [1.807, 2.05) is 24.3 Å². The van der Waals surface area contributed by atoms with E-state index in [0.717, 1.165) is 5.56 Å². The number of nitrogens with two attached hydrogens (primary N) is 1. The van der Waals surface area contributed by atoms with Crippen LogP contribution in [0.1, 0.15) is 60.6 Å². The molecule has 5 heteroatoms. The Bertz CT molecular complexity index is 787. The van der Waals surface area contributed by atoms with Gasteiger partial charge in [-0.25, -0.2) is 4.39 Å². The van der Waals surface area contributed by atoms with Crippen LogP contribution < -0.4 is 11.1 Å². The quantitative estimate of drug-likeness (QED) is 0.691. The third-order valence-corrected chi connectivity index (χ3v) is 4.60. The first kappa shape index (κ1) is 20.8. The van der Waals surface area contributed by atoms with Crippen molar-refractivity contribution in [3.63, 3.8) is 0 Å². The molecule has 0 aliphatic heterocycles. The lowest BCUT2D eigenvalue weighted by atomic mass is 9.96. The Hall–Kier alpha value is -2.53. The van der Waals surface area contributed by atoms with E-state index in [2.05, 4.69) is 19.2 Å². The van der Waals surface area contributed by atoms with Gasteiger partial charge < -0.3 is 11.1 Å². The molecule has 0 aliphatic rings. The highest BCUT2D eigenvalue weighted by Crippen LogP contribution is 2.18. The van der Waals surface area contributed by atoms with Crippen molar-refractivity contribution in [2.45, 2.75) is 39.2 Å². The molecule has 2 atom stereocenters. The SMILES string of the molecule is CC(CC(=O)NCC(N)c1ccc(C(C)C)cc1)C(=O)c1cccc(F)c1. The summed E-state index contributed by atoms with van der Waals surface area (Å²) >= 11 is 0. The van der Waals surface area contributed by atoms with Gasteiger partial charge in [0.2, 0.25) is 5.91 Å². The molecule has 4 nitrogen and oxygen atoms in total. The summed E-state index contributed by atoms with van der Waals surface area (Å²) in [7, 11) is 0. The Balaban J connectivity index is 1.85. The minimum Gasteiger partial charge on any atom is -0.354 e. The molecule has 2 rings (SSSR count). The molecule has 0 spiro atoms. The predicted molar refractivity (Wildman–Crippen MR) is 105 cm³/mol. The number of hydrogen-bond acceptors (Lipinski definition) is 3. The van der Waals surface area contributed by atoms with E-state index in [9.17, 15) is 14.0 Å². The minimum absolute atomic E-state index is 0.0361. The fourth-order valence-electron chi connectivity index (χ4n) is 2.84. The normalized spacial score (nSPS) is 13.3. The molecular formula is C22H27FN2O2. The summed E-state index contributed by atoms with van der Waals surface area (Å²) in [5, 5.41) is 2.78. The van der Waals surface area contributed by atoms with Crippen molar-refractivity contribution < 1.29 is 14.0 Å². The van der Waals surface area contributed by atoms with Gasteiger partial charge >= 0.3 is 0 Å². The minimum atomic E-state index is -0.534. The number of halogens is 1. The van der Waals surface area contributed by atoms with Gasteiger partial charge in [0.1, 0.15) is 5.82 Å². The maximum absolute atomic E-state index is 13.2. The van der Waals surface area contributed by atoms with E-state index in [-0.39, 0.29) is 29.7 Å². The molecule has 0 fully saturated rings. The standard InChI is InChI=1S/C22H27FN2O2/c1-14(2)16-7-9-17(10-8-16)20(24)13-25-21(26)11-15(3)22(27)18-5-4-6-19(23)12-18/h4-10,12,14-15,20H,11,13,24H2,1-3H3,(H,25,26). The van der Waals surface area contributed by atoms with Crippen LogP contribution in [0, 0.1) is 11.7 Å². The summed E-state index contributed by atoms with van der Waals surface area (Å²) in [5.41, 5.74) is 8.60. The zero-order valence-corrected chi connectivity index (χ0v) is 16.0. The molecule has 0 bridgehead atoms. The highest BCUT2D eigenvalue weighted by molar-refractivity contribution is 5.99. The smallest absolute Gasteiger partial charge is 0.220 e.